The molecular weight excluding hydrogens is 402 g/mol. The van der Waals surface area contributed by atoms with E-state index in [-0.39, 0.29) is 27.6 Å². The number of aromatic nitrogens is 2. The van der Waals surface area contributed by atoms with Crippen molar-refractivity contribution in [2.45, 2.75) is 18.4 Å². The summed E-state index contributed by atoms with van der Waals surface area (Å²) < 4.78 is 23.6. The molecule has 1 N–H and O–H groups in total. The lowest BCUT2D eigenvalue weighted by Crippen LogP contribution is -2.32. The molecule has 2 aromatic carbocycles. The topological polar surface area (TPSA) is 100 Å². The molecule has 3 aromatic rings. The minimum atomic E-state index is -3.49. The number of halogens is 1. The zero-order valence-corrected chi connectivity index (χ0v) is 16.8. The summed E-state index contributed by atoms with van der Waals surface area (Å²) in [5, 5.41) is 0.611. The van der Waals surface area contributed by atoms with Crippen molar-refractivity contribution in [2.75, 3.05) is 12.8 Å². The Morgan fingerprint density at radius 3 is 2.61 bits per heavy atom. The van der Waals surface area contributed by atoms with Gasteiger partial charge < -0.3 is 9.88 Å². The van der Waals surface area contributed by atoms with E-state index in [0.29, 0.717) is 23.3 Å². The number of nitrogens with one attached hydrogen (secondary N) is 1. The second-order valence-corrected chi connectivity index (χ2v) is 8.69. The molecule has 28 heavy (non-hydrogen) atoms. The summed E-state index contributed by atoms with van der Waals surface area (Å²) >= 11 is 6.13. The van der Waals surface area contributed by atoms with Crippen LogP contribution in [-0.4, -0.2) is 42.0 Å². The van der Waals surface area contributed by atoms with Gasteiger partial charge >= 0.3 is 0 Å². The monoisotopic (exact) mass is 419 g/mol. The fourth-order valence-electron chi connectivity index (χ4n) is 2.79. The number of rotatable bonds is 5. The second kappa shape index (κ2) is 7.73. The normalized spacial score (nSPS) is 11.5. The first-order valence-electron chi connectivity index (χ1n) is 8.47. The van der Waals surface area contributed by atoms with Gasteiger partial charge in [-0.2, -0.15) is 0 Å². The zero-order chi connectivity index (χ0) is 20.5. The van der Waals surface area contributed by atoms with E-state index in [1.165, 1.54) is 23.1 Å². The van der Waals surface area contributed by atoms with Crippen molar-refractivity contribution in [2.24, 2.45) is 0 Å². The number of nitrogens with zero attached hydrogens (tertiary/aromatic N) is 2. The van der Waals surface area contributed by atoms with E-state index in [2.05, 4.69) is 9.97 Å². The molecule has 7 nitrogen and oxygen atoms in total. The summed E-state index contributed by atoms with van der Waals surface area (Å²) in [5.74, 6) is -0.122. The lowest BCUT2D eigenvalue weighted by atomic mass is 10.2. The number of amides is 1. The Morgan fingerprint density at radius 1 is 1.21 bits per heavy atom. The van der Waals surface area contributed by atoms with Crippen LogP contribution in [0.4, 0.5) is 0 Å². The van der Waals surface area contributed by atoms with Crippen LogP contribution in [0.25, 0.3) is 10.9 Å². The summed E-state index contributed by atoms with van der Waals surface area (Å²) in [6.45, 7) is 2.13. The number of fused-ring (bicyclic) bond motifs is 1. The van der Waals surface area contributed by atoms with Gasteiger partial charge in [-0.1, -0.05) is 23.7 Å². The maximum absolute atomic E-state index is 13.0. The first-order valence-corrected chi connectivity index (χ1v) is 10.7. The highest BCUT2D eigenvalue weighted by atomic mass is 35.5. The van der Waals surface area contributed by atoms with Gasteiger partial charge in [0, 0.05) is 12.8 Å². The van der Waals surface area contributed by atoms with Gasteiger partial charge in [0.1, 0.15) is 5.82 Å². The Kier molecular flexibility index (Phi) is 5.53. The molecule has 146 valence electrons. The summed E-state index contributed by atoms with van der Waals surface area (Å²) in [4.78, 5) is 33.7. The molecule has 9 heteroatoms. The average molecular weight is 420 g/mol. The molecule has 0 aliphatic heterocycles. The number of H-pyrrole nitrogens is 1. The number of hydrogen-bond donors (Lipinski definition) is 1. The first-order chi connectivity index (χ1) is 13.2. The van der Waals surface area contributed by atoms with Gasteiger partial charge in [-0.25, -0.2) is 13.4 Å². The van der Waals surface area contributed by atoms with Crippen molar-refractivity contribution >= 4 is 38.2 Å². The van der Waals surface area contributed by atoms with Crippen molar-refractivity contribution in [3.05, 3.63) is 69.2 Å². The van der Waals surface area contributed by atoms with Crippen LogP contribution in [0, 0.1) is 0 Å². The van der Waals surface area contributed by atoms with Crippen LogP contribution in [0.3, 0.4) is 0 Å². The number of carbonyl (C=O) groups is 1. The molecule has 0 radical (unpaired) electrons. The molecule has 0 unspecified atom stereocenters. The molecule has 0 spiro atoms. The predicted molar refractivity (Wildman–Crippen MR) is 107 cm³/mol. The first kappa shape index (κ1) is 20.0. The zero-order valence-electron chi connectivity index (χ0n) is 15.3. The number of hydrogen-bond acceptors (Lipinski definition) is 5. The van der Waals surface area contributed by atoms with E-state index < -0.39 is 15.7 Å². The Hall–Kier alpha value is -2.71. The summed E-state index contributed by atoms with van der Waals surface area (Å²) in [6.07, 6.45) is 1.06. The van der Waals surface area contributed by atoms with E-state index in [1.54, 1.807) is 31.2 Å². The Morgan fingerprint density at radius 2 is 1.93 bits per heavy atom. The van der Waals surface area contributed by atoms with Gasteiger partial charge in [0.25, 0.3) is 11.5 Å². The number of aromatic amines is 1. The molecule has 0 aliphatic carbocycles. The molecule has 1 amide bonds. The molecular formula is C19H18ClN3O4S. The minimum Gasteiger partial charge on any atom is -0.331 e. The van der Waals surface area contributed by atoms with E-state index in [1.807, 2.05) is 0 Å². The van der Waals surface area contributed by atoms with Crippen LogP contribution in [0.5, 0.6) is 0 Å². The van der Waals surface area contributed by atoms with Crippen LogP contribution >= 0.6 is 11.6 Å². The van der Waals surface area contributed by atoms with Crippen molar-refractivity contribution in [3.8, 4) is 0 Å². The number of sulfone groups is 1. The highest BCUT2D eigenvalue weighted by Gasteiger charge is 2.21. The quantitative estimate of drug-likeness (QED) is 0.685. The number of para-hydroxylation sites is 1. The van der Waals surface area contributed by atoms with Gasteiger partial charge in [-0.3, -0.25) is 9.59 Å². The maximum atomic E-state index is 13.0. The SMILES string of the molecule is CCN(Cc1nc2ccccc2c(=O)[nH]1)C(=O)c1cc(S(C)(=O)=O)ccc1Cl. The average Bonchev–Trinajstić information content (AvgIpc) is 2.65. The van der Waals surface area contributed by atoms with Gasteiger partial charge in [0.15, 0.2) is 9.84 Å². The number of benzene rings is 2. The predicted octanol–water partition coefficient (Wildman–Crippen LogP) is 2.64. The van der Waals surface area contributed by atoms with Crippen LogP contribution in [0.2, 0.25) is 5.02 Å². The van der Waals surface area contributed by atoms with Gasteiger partial charge in [-0.05, 0) is 37.3 Å². The van der Waals surface area contributed by atoms with Crippen molar-refractivity contribution < 1.29 is 13.2 Å². The Labute approximate surface area is 166 Å². The number of carbonyl (C=O) groups excluding carboxylic acids is 1. The third-order valence-electron chi connectivity index (χ3n) is 4.27. The van der Waals surface area contributed by atoms with E-state index in [9.17, 15) is 18.0 Å². The fourth-order valence-corrected chi connectivity index (χ4v) is 3.63. The lowest BCUT2D eigenvalue weighted by molar-refractivity contribution is 0.0748. The summed E-state index contributed by atoms with van der Waals surface area (Å²) in [7, 11) is -3.49. The van der Waals surface area contributed by atoms with E-state index in [4.69, 9.17) is 11.6 Å². The van der Waals surface area contributed by atoms with E-state index >= 15 is 0 Å². The molecule has 0 bridgehead atoms. The molecule has 3 rings (SSSR count). The highest BCUT2D eigenvalue weighted by Crippen LogP contribution is 2.22. The van der Waals surface area contributed by atoms with Crippen molar-refractivity contribution in [3.63, 3.8) is 0 Å². The van der Waals surface area contributed by atoms with Crippen molar-refractivity contribution in [1.82, 2.24) is 14.9 Å². The molecule has 0 aliphatic rings. The maximum Gasteiger partial charge on any atom is 0.258 e. The van der Waals surface area contributed by atoms with Gasteiger partial charge in [0.05, 0.1) is 32.9 Å². The third-order valence-corrected chi connectivity index (χ3v) is 5.71. The standard InChI is InChI=1S/C19H18ClN3O4S/c1-3-23(11-17-21-16-7-5-4-6-13(16)18(24)22-17)19(25)14-10-12(28(2,26)27)8-9-15(14)20/h4-10H,3,11H2,1-2H3,(H,21,22,24). The molecule has 0 atom stereocenters. The molecule has 0 fully saturated rings. The summed E-state index contributed by atoms with van der Waals surface area (Å²) in [5.41, 5.74) is 0.317. The van der Waals surface area contributed by atoms with Crippen LogP contribution in [0.15, 0.2) is 52.2 Å². The lowest BCUT2D eigenvalue weighted by Gasteiger charge is -2.21. The third kappa shape index (κ3) is 4.07. The second-order valence-electron chi connectivity index (χ2n) is 6.26. The van der Waals surface area contributed by atoms with Crippen LogP contribution in [-0.2, 0) is 16.4 Å². The van der Waals surface area contributed by atoms with Gasteiger partial charge in [0.2, 0.25) is 0 Å². The molecule has 0 saturated heterocycles. The minimum absolute atomic E-state index is 0.00791. The van der Waals surface area contributed by atoms with Crippen molar-refractivity contribution in [1.29, 1.82) is 0 Å². The van der Waals surface area contributed by atoms with Gasteiger partial charge in [-0.15, -0.1) is 0 Å². The van der Waals surface area contributed by atoms with E-state index in [0.717, 1.165) is 6.26 Å². The fraction of sp³-hybridized carbons (Fsp3) is 0.211. The van der Waals surface area contributed by atoms with Crippen LogP contribution in [0.1, 0.15) is 23.1 Å². The molecule has 1 aromatic heterocycles. The van der Waals surface area contributed by atoms with Crippen LogP contribution < -0.4 is 5.56 Å². The largest absolute Gasteiger partial charge is 0.331 e. The Bertz CT molecular complexity index is 1220. The smallest absolute Gasteiger partial charge is 0.258 e. The molecule has 0 saturated carbocycles. The Balaban J connectivity index is 1.96. The molecule has 1 heterocycles. The highest BCUT2D eigenvalue weighted by molar-refractivity contribution is 7.90. The summed E-state index contributed by atoms with van der Waals surface area (Å²) in [6, 6.07) is 10.9.